The van der Waals surface area contributed by atoms with E-state index in [2.05, 4.69) is 6.92 Å². The van der Waals surface area contributed by atoms with Crippen LogP contribution >= 0.6 is 0 Å². The first-order chi connectivity index (χ1) is 10.6. The molecular weight excluding hydrogens is 282 g/mol. The van der Waals surface area contributed by atoms with E-state index in [1.807, 2.05) is 0 Å². The summed E-state index contributed by atoms with van der Waals surface area (Å²) in [5, 5.41) is 0.619. The molecule has 1 aliphatic carbocycles. The number of fused-ring (bicyclic) bond motifs is 1. The summed E-state index contributed by atoms with van der Waals surface area (Å²) < 4.78 is 0. The molecule has 1 heterocycles. The number of benzene rings is 1. The van der Waals surface area contributed by atoms with Gasteiger partial charge in [0.25, 0.3) is 11.8 Å². The van der Waals surface area contributed by atoms with Crippen LogP contribution in [0.3, 0.4) is 0 Å². The van der Waals surface area contributed by atoms with Gasteiger partial charge in [0.15, 0.2) is 0 Å². The number of amides is 2. The number of imide groups is 1. The van der Waals surface area contributed by atoms with E-state index in [0.29, 0.717) is 5.06 Å². The molecule has 5 nitrogen and oxygen atoms in total. The SMILES string of the molecule is CCC1CCCCC1C(=O)ON1C(=O)c2ccccc2C1=O. The Bertz CT molecular complexity index is 590. The van der Waals surface area contributed by atoms with Crippen LogP contribution in [0.2, 0.25) is 0 Å². The average molecular weight is 301 g/mol. The summed E-state index contributed by atoms with van der Waals surface area (Å²) in [6.07, 6.45) is 4.77. The Morgan fingerprint density at radius 3 is 2.32 bits per heavy atom. The van der Waals surface area contributed by atoms with Gasteiger partial charge in [-0.25, -0.2) is 4.79 Å². The Balaban J connectivity index is 1.75. The van der Waals surface area contributed by atoms with E-state index in [1.54, 1.807) is 24.3 Å². The fourth-order valence-electron chi connectivity index (χ4n) is 3.41. The molecule has 1 aromatic carbocycles. The Hall–Kier alpha value is -2.17. The van der Waals surface area contributed by atoms with Crippen molar-refractivity contribution in [3.63, 3.8) is 0 Å². The molecule has 0 spiro atoms. The maximum Gasteiger partial charge on any atom is 0.336 e. The molecule has 22 heavy (non-hydrogen) atoms. The van der Waals surface area contributed by atoms with Gasteiger partial charge in [-0.1, -0.05) is 43.4 Å². The molecule has 0 aromatic heterocycles. The van der Waals surface area contributed by atoms with Gasteiger partial charge in [-0.15, -0.1) is 0 Å². The van der Waals surface area contributed by atoms with Crippen LogP contribution < -0.4 is 0 Å². The zero-order valence-electron chi connectivity index (χ0n) is 12.6. The van der Waals surface area contributed by atoms with Crippen molar-refractivity contribution in [2.75, 3.05) is 0 Å². The summed E-state index contributed by atoms with van der Waals surface area (Å²) in [7, 11) is 0. The fraction of sp³-hybridized carbons (Fsp3) is 0.471. The number of hydrogen-bond donors (Lipinski definition) is 0. The Morgan fingerprint density at radius 2 is 1.73 bits per heavy atom. The molecule has 1 aliphatic heterocycles. The van der Waals surface area contributed by atoms with Gasteiger partial charge in [0.05, 0.1) is 17.0 Å². The van der Waals surface area contributed by atoms with Crippen LogP contribution in [0.1, 0.15) is 59.7 Å². The number of carbonyl (C=O) groups excluding carboxylic acids is 3. The minimum absolute atomic E-state index is 0.219. The normalized spacial score (nSPS) is 24.3. The monoisotopic (exact) mass is 301 g/mol. The van der Waals surface area contributed by atoms with Crippen molar-refractivity contribution in [1.29, 1.82) is 0 Å². The molecule has 1 fully saturated rings. The number of nitrogens with zero attached hydrogens (tertiary/aromatic N) is 1. The highest BCUT2D eigenvalue weighted by Crippen LogP contribution is 2.34. The van der Waals surface area contributed by atoms with Gasteiger partial charge < -0.3 is 4.84 Å². The lowest BCUT2D eigenvalue weighted by Crippen LogP contribution is -2.37. The van der Waals surface area contributed by atoms with Gasteiger partial charge in [0.2, 0.25) is 0 Å². The third-order valence-corrected chi connectivity index (χ3v) is 4.67. The Kier molecular flexibility index (Phi) is 3.96. The standard InChI is InChI=1S/C17H19NO4/c1-2-11-7-3-4-8-12(11)17(21)22-18-15(19)13-9-5-6-10-14(13)16(18)20/h5-6,9-12H,2-4,7-8H2,1H3. The smallest absolute Gasteiger partial charge is 0.329 e. The van der Waals surface area contributed by atoms with Crippen molar-refractivity contribution < 1.29 is 19.2 Å². The van der Waals surface area contributed by atoms with E-state index in [9.17, 15) is 14.4 Å². The molecule has 0 bridgehead atoms. The van der Waals surface area contributed by atoms with Gasteiger partial charge in [-0.3, -0.25) is 9.59 Å². The first kappa shape index (κ1) is 14.8. The highest BCUT2D eigenvalue weighted by atomic mass is 16.7. The van der Waals surface area contributed by atoms with E-state index in [0.717, 1.165) is 32.1 Å². The molecule has 1 aromatic rings. The predicted molar refractivity (Wildman–Crippen MR) is 78.8 cm³/mol. The summed E-state index contributed by atoms with van der Waals surface area (Å²) in [6.45, 7) is 2.05. The third-order valence-electron chi connectivity index (χ3n) is 4.67. The van der Waals surface area contributed by atoms with E-state index >= 15 is 0 Å². The van der Waals surface area contributed by atoms with Crippen molar-refractivity contribution in [3.05, 3.63) is 35.4 Å². The van der Waals surface area contributed by atoms with Crippen LogP contribution in [-0.4, -0.2) is 22.8 Å². The maximum absolute atomic E-state index is 12.4. The highest BCUT2D eigenvalue weighted by Gasteiger charge is 2.41. The topological polar surface area (TPSA) is 63.7 Å². The Labute approximate surface area is 129 Å². The molecule has 0 saturated heterocycles. The zero-order valence-corrected chi connectivity index (χ0v) is 12.6. The minimum Gasteiger partial charge on any atom is -0.329 e. The van der Waals surface area contributed by atoms with Gasteiger partial charge in [0.1, 0.15) is 0 Å². The van der Waals surface area contributed by atoms with Gasteiger partial charge in [-0.2, -0.15) is 0 Å². The molecule has 1 saturated carbocycles. The van der Waals surface area contributed by atoms with Gasteiger partial charge in [-0.05, 0) is 30.9 Å². The van der Waals surface area contributed by atoms with Crippen LogP contribution in [0.4, 0.5) is 0 Å². The summed E-state index contributed by atoms with van der Waals surface area (Å²) in [5.74, 6) is -1.52. The summed E-state index contributed by atoms with van der Waals surface area (Å²) >= 11 is 0. The summed E-state index contributed by atoms with van der Waals surface area (Å²) in [4.78, 5) is 42.0. The van der Waals surface area contributed by atoms with E-state index in [-0.39, 0.29) is 23.0 Å². The molecule has 2 atom stereocenters. The van der Waals surface area contributed by atoms with Crippen molar-refractivity contribution >= 4 is 17.8 Å². The second kappa shape index (κ2) is 5.91. The van der Waals surface area contributed by atoms with Gasteiger partial charge >= 0.3 is 5.97 Å². The molecule has 3 rings (SSSR count). The minimum atomic E-state index is -0.558. The first-order valence-corrected chi connectivity index (χ1v) is 7.83. The lowest BCUT2D eigenvalue weighted by Gasteiger charge is -2.29. The van der Waals surface area contributed by atoms with Crippen LogP contribution in [0.25, 0.3) is 0 Å². The third kappa shape index (κ3) is 2.40. The number of hydrogen-bond acceptors (Lipinski definition) is 4. The van der Waals surface area contributed by atoms with Crippen LogP contribution in [0, 0.1) is 11.8 Å². The van der Waals surface area contributed by atoms with Crippen molar-refractivity contribution in [2.24, 2.45) is 11.8 Å². The largest absolute Gasteiger partial charge is 0.336 e. The van der Waals surface area contributed by atoms with E-state index in [1.165, 1.54) is 0 Å². The lowest BCUT2D eigenvalue weighted by atomic mass is 9.78. The van der Waals surface area contributed by atoms with Crippen LogP contribution in [0.5, 0.6) is 0 Å². The van der Waals surface area contributed by atoms with Crippen LogP contribution in [-0.2, 0) is 9.63 Å². The molecular formula is C17H19NO4. The second-order valence-electron chi connectivity index (χ2n) is 5.92. The molecule has 2 unspecified atom stereocenters. The predicted octanol–water partition coefficient (Wildman–Crippen LogP) is 2.96. The number of rotatable bonds is 3. The maximum atomic E-state index is 12.4. The fourth-order valence-corrected chi connectivity index (χ4v) is 3.41. The van der Waals surface area contributed by atoms with Gasteiger partial charge in [0, 0.05) is 0 Å². The summed E-state index contributed by atoms with van der Waals surface area (Å²) in [6, 6.07) is 6.50. The van der Waals surface area contributed by atoms with Crippen LogP contribution in [0.15, 0.2) is 24.3 Å². The van der Waals surface area contributed by atoms with E-state index in [4.69, 9.17) is 4.84 Å². The quantitative estimate of drug-likeness (QED) is 0.805. The van der Waals surface area contributed by atoms with Crippen molar-refractivity contribution in [3.8, 4) is 0 Å². The number of hydroxylamine groups is 2. The molecule has 116 valence electrons. The van der Waals surface area contributed by atoms with Crippen molar-refractivity contribution in [1.82, 2.24) is 5.06 Å². The van der Waals surface area contributed by atoms with E-state index < -0.39 is 17.8 Å². The zero-order chi connectivity index (χ0) is 15.7. The molecule has 5 heteroatoms. The molecule has 0 radical (unpaired) electrons. The highest BCUT2D eigenvalue weighted by molar-refractivity contribution is 6.20. The first-order valence-electron chi connectivity index (χ1n) is 7.83. The number of carbonyl (C=O) groups is 3. The summed E-state index contributed by atoms with van der Waals surface area (Å²) in [5.41, 5.74) is 0.576. The molecule has 2 amide bonds. The molecule has 2 aliphatic rings. The lowest BCUT2D eigenvalue weighted by molar-refractivity contribution is -0.177. The van der Waals surface area contributed by atoms with Crippen molar-refractivity contribution in [2.45, 2.75) is 39.0 Å². The molecule has 0 N–H and O–H groups in total. The second-order valence-corrected chi connectivity index (χ2v) is 5.92. The Morgan fingerprint density at radius 1 is 1.14 bits per heavy atom. The average Bonchev–Trinajstić information content (AvgIpc) is 2.80.